The van der Waals surface area contributed by atoms with E-state index in [2.05, 4.69) is 0 Å². The van der Waals surface area contributed by atoms with Crippen LogP contribution < -0.4 is 4.74 Å². The Bertz CT molecular complexity index is 401. The molecule has 1 aromatic rings. The summed E-state index contributed by atoms with van der Waals surface area (Å²) in [5, 5.41) is 9.62. The predicted molar refractivity (Wildman–Crippen MR) is 78.5 cm³/mol. The fourth-order valence-corrected chi connectivity index (χ4v) is 1.88. The number of carbonyl (C=O) groups is 1. The maximum absolute atomic E-state index is 10.9. The van der Waals surface area contributed by atoms with E-state index in [9.17, 15) is 4.79 Å². The summed E-state index contributed by atoms with van der Waals surface area (Å²) in [5.74, 6) is -0.109. The number of halogens is 2. The predicted octanol–water partition coefficient (Wildman–Crippen LogP) is 2.94. The SMILES string of the molecule is CCC(C(=O)O)N(C)CCOc1cccc(Cl)c1.Cl. The monoisotopic (exact) mass is 307 g/mol. The molecule has 0 aliphatic rings. The summed E-state index contributed by atoms with van der Waals surface area (Å²) in [6, 6.07) is 6.68. The minimum absolute atomic E-state index is 0. The van der Waals surface area contributed by atoms with Gasteiger partial charge in [0.05, 0.1) is 0 Å². The average Bonchev–Trinajstić information content (AvgIpc) is 2.29. The molecule has 1 N–H and O–H groups in total. The molecule has 0 amide bonds. The third kappa shape index (κ3) is 6.14. The highest BCUT2D eigenvalue weighted by atomic mass is 35.5. The molecule has 0 saturated carbocycles. The van der Waals surface area contributed by atoms with Gasteiger partial charge in [-0.3, -0.25) is 9.69 Å². The highest BCUT2D eigenvalue weighted by molar-refractivity contribution is 6.30. The van der Waals surface area contributed by atoms with E-state index >= 15 is 0 Å². The molecular weight excluding hydrogens is 289 g/mol. The van der Waals surface area contributed by atoms with E-state index < -0.39 is 12.0 Å². The summed E-state index contributed by atoms with van der Waals surface area (Å²) in [6.45, 7) is 2.84. The highest BCUT2D eigenvalue weighted by Crippen LogP contribution is 2.17. The maximum Gasteiger partial charge on any atom is 0.320 e. The highest BCUT2D eigenvalue weighted by Gasteiger charge is 2.19. The van der Waals surface area contributed by atoms with Crippen molar-refractivity contribution in [1.29, 1.82) is 0 Å². The number of hydrogen-bond acceptors (Lipinski definition) is 3. The molecule has 0 heterocycles. The summed E-state index contributed by atoms with van der Waals surface area (Å²) in [5.41, 5.74) is 0. The van der Waals surface area contributed by atoms with Gasteiger partial charge in [0, 0.05) is 11.6 Å². The van der Waals surface area contributed by atoms with Crippen molar-refractivity contribution < 1.29 is 14.6 Å². The van der Waals surface area contributed by atoms with Gasteiger partial charge in [0.1, 0.15) is 18.4 Å². The Labute approximate surface area is 124 Å². The number of nitrogens with zero attached hydrogens (tertiary/aromatic N) is 1. The van der Waals surface area contributed by atoms with E-state index in [0.29, 0.717) is 30.3 Å². The van der Waals surface area contributed by atoms with Gasteiger partial charge in [-0.25, -0.2) is 0 Å². The second-order valence-corrected chi connectivity index (χ2v) is 4.49. The summed E-state index contributed by atoms with van der Waals surface area (Å²) in [4.78, 5) is 12.7. The van der Waals surface area contributed by atoms with Crippen LogP contribution in [-0.4, -0.2) is 42.2 Å². The molecule has 1 atom stereocenters. The van der Waals surface area contributed by atoms with Crippen LogP contribution in [0.5, 0.6) is 5.75 Å². The molecular formula is C13H19Cl2NO3. The molecule has 0 bridgehead atoms. The molecule has 1 aromatic carbocycles. The molecule has 0 radical (unpaired) electrons. The zero-order valence-electron chi connectivity index (χ0n) is 11.0. The molecule has 0 aliphatic carbocycles. The third-order valence-electron chi connectivity index (χ3n) is 2.71. The van der Waals surface area contributed by atoms with Gasteiger partial charge in [-0.05, 0) is 31.7 Å². The van der Waals surface area contributed by atoms with Crippen LogP contribution in [0.1, 0.15) is 13.3 Å². The Kier molecular flexibility index (Phi) is 8.56. The number of aliphatic carboxylic acids is 1. The maximum atomic E-state index is 10.9. The number of carboxylic acid groups (broad SMARTS) is 1. The Hall–Kier alpha value is -0.970. The lowest BCUT2D eigenvalue weighted by atomic mass is 10.2. The summed E-state index contributed by atoms with van der Waals surface area (Å²) >= 11 is 5.83. The van der Waals surface area contributed by atoms with Gasteiger partial charge >= 0.3 is 5.97 Å². The van der Waals surface area contributed by atoms with Crippen molar-refractivity contribution in [2.45, 2.75) is 19.4 Å². The summed E-state index contributed by atoms with van der Waals surface area (Å²) in [7, 11) is 1.78. The number of rotatable bonds is 7. The first kappa shape index (κ1) is 18.0. The Morgan fingerprint density at radius 3 is 2.74 bits per heavy atom. The molecule has 0 aromatic heterocycles. The van der Waals surface area contributed by atoms with E-state index in [0.717, 1.165) is 0 Å². The lowest BCUT2D eigenvalue weighted by molar-refractivity contribution is -0.143. The molecule has 0 fully saturated rings. The third-order valence-corrected chi connectivity index (χ3v) is 2.95. The second kappa shape index (κ2) is 9.02. The van der Waals surface area contributed by atoms with Gasteiger partial charge in [-0.2, -0.15) is 0 Å². The van der Waals surface area contributed by atoms with Gasteiger partial charge in [-0.15, -0.1) is 12.4 Å². The smallest absolute Gasteiger partial charge is 0.320 e. The van der Waals surface area contributed by atoms with E-state index in [-0.39, 0.29) is 12.4 Å². The lowest BCUT2D eigenvalue weighted by Gasteiger charge is -2.23. The van der Waals surface area contributed by atoms with Crippen LogP contribution in [0.15, 0.2) is 24.3 Å². The van der Waals surface area contributed by atoms with Crippen molar-refractivity contribution in [3.63, 3.8) is 0 Å². The Balaban J connectivity index is 0.00000324. The fraction of sp³-hybridized carbons (Fsp3) is 0.462. The molecule has 0 saturated heterocycles. The standard InChI is InChI=1S/C13H18ClNO3.ClH/c1-3-12(13(16)17)15(2)7-8-18-11-6-4-5-10(14)9-11;/h4-6,9,12H,3,7-8H2,1-2H3,(H,16,17);1H. The quantitative estimate of drug-likeness (QED) is 0.841. The molecule has 1 unspecified atom stereocenters. The molecule has 108 valence electrons. The average molecular weight is 308 g/mol. The lowest BCUT2D eigenvalue weighted by Crippen LogP contribution is -2.40. The van der Waals surface area contributed by atoms with Crippen LogP contribution >= 0.6 is 24.0 Å². The van der Waals surface area contributed by atoms with Crippen molar-refractivity contribution in [3.05, 3.63) is 29.3 Å². The van der Waals surface area contributed by atoms with Crippen LogP contribution in [0.4, 0.5) is 0 Å². The minimum Gasteiger partial charge on any atom is -0.492 e. The largest absolute Gasteiger partial charge is 0.492 e. The van der Waals surface area contributed by atoms with Crippen LogP contribution in [0, 0.1) is 0 Å². The van der Waals surface area contributed by atoms with Crippen LogP contribution in [0.25, 0.3) is 0 Å². The van der Waals surface area contributed by atoms with E-state index in [1.165, 1.54) is 0 Å². The van der Waals surface area contributed by atoms with E-state index in [1.54, 1.807) is 24.1 Å². The van der Waals surface area contributed by atoms with Gasteiger partial charge in [0.25, 0.3) is 0 Å². The van der Waals surface area contributed by atoms with Crippen molar-refractivity contribution >= 4 is 30.0 Å². The first-order chi connectivity index (χ1) is 8.54. The van der Waals surface area contributed by atoms with E-state index in [1.807, 2.05) is 19.1 Å². The second-order valence-electron chi connectivity index (χ2n) is 4.05. The summed E-state index contributed by atoms with van der Waals surface area (Å²) in [6.07, 6.45) is 0.572. The zero-order valence-corrected chi connectivity index (χ0v) is 12.6. The van der Waals surface area contributed by atoms with Crippen LogP contribution in [-0.2, 0) is 4.79 Å². The molecule has 4 nitrogen and oxygen atoms in total. The zero-order chi connectivity index (χ0) is 13.5. The molecule has 0 aliphatic heterocycles. The van der Waals surface area contributed by atoms with Gasteiger partial charge in [0.15, 0.2) is 0 Å². The van der Waals surface area contributed by atoms with Gasteiger partial charge < -0.3 is 9.84 Å². The normalized spacial score (nSPS) is 11.8. The fourth-order valence-electron chi connectivity index (χ4n) is 1.69. The van der Waals surface area contributed by atoms with Gasteiger partial charge in [-0.1, -0.05) is 24.6 Å². The first-order valence-corrected chi connectivity index (χ1v) is 6.23. The molecule has 0 spiro atoms. The van der Waals surface area contributed by atoms with Crippen molar-refractivity contribution in [1.82, 2.24) is 4.90 Å². The van der Waals surface area contributed by atoms with Crippen molar-refractivity contribution in [3.8, 4) is 5.75 Å². The summed E-state index contributed by atoms with van der Waals surface area (Å²) < 4.78 is 5.51. The van der Waals surface area contributed by atoms with Crippen molar-refractivity contribution in [2.75, 3.05) is 20.2 Å². The Morgan fingerprint density at radius 2 is 2.21 bits per heavy atom. The number of benzene rings is 1. The van der Waals surface area contributed by atoms with Crippen molar-refractivity contribution in [2.24, 2.45) is 0 Å². The Morgan fingerprint density at radius 1 is 1.53 bits per heavy atom. The molecule has 19 heavy (non-hydrogen) atoms. The number of hydrogen-bond donors (Lipinski definition) is 1. The number of ether oxygens (including phenoxy) is 1. The van der Waals surface area contributed by atoms with Crippen LogP contribution in [0.2, 0.25) is 5.02 Å². The number of carboxylic acids is 1. The van der Waals surface area contributed by atoms with Gasteiger partial charge in [0.2, 0.25) is 0 Å². The minimum atomic E-state index is -0.803. The van der Waals surface area contributed by atoms with E-state index in [4.69, 9.17) is 21.4 Å². The molecule has 1 rings (SSSR count). The van der Waals surface area contributed by atoms with Crippen LogP contribution in [0.3, 0.4) is 0 Å². The first-order valence-electron chi connectivity index (χ1n) is 5.86. The topological polar surface area (TPSA) is 49.8 Å². The number of likely N-dealkylation sites (N-methyl/N-ethyl adjacent to an activating group) is 1. The molecule has 6 heteroatoms.